The van der Waals surface area contributed by atoms with Crippen molar-refractivity contribution in [2.75, 3.05) is 0 Å². The first-order valence-corrected chi connectivity index (χ1v) is 9.14. The van der Waals surface area contributed by atoms with E-state index in [1.54, 1.807) is 24.4 Å². The molecular weight excluding hydrogens is 354 g/mol. The van der Waals surface area contributed by atoms with Crippen LogP contribution in [0.3, 0.4) is 0 Å². The van der Waals surface area contributed by atoms with Gasteiger partial charge in [0.15, 0.2) is 5.60 Å². The number of aliphatic hydroxyl groups is 1. The SMILES string of the molecule is Cc1nccn1CCc1ccccc1[C@@](O)(C(=O)O)[C@H]1CCCC(F)(F)C1. The van der Waals surface area contributed by atoms with E-state index in [9.17, 15) is 23.8 Å². The highest BCUT2D eigenvalue weighted by atomic mass is 19.3. The highest BCUT2D eigenvalue weighted by molar-refractivity contribution is 5.80. The second-order valence-corrected chi connectivity index (χ2v) is 7.30. The van der Waals surface area contributed by atoms with Crippen LogP contribution in [0, 0.1) is 12.8 Å². The third-order valence-corrected chi connectivity index (χ3v) is 5.53. The fourth-order valence-corrected chi connectivity index (χ4v) is 4.03. The molecule has 1 heterocycles. The van der Waals surface area contributed by atoms with Gasteiger partial charge in [-0.2, -0.15) is 0 Å². The summed E-state index contributed by atoms with van der Waals surface area (Å²) in [6, 6.07) is 6.68. The molecule has 3 rings (SSSR count). The molecule has 1 aromatic heterocycles. The molecule has 0 unspecified atom stereocenters. The van der Waals surface area contributed by atoms with Crippen molar-refractivity contribution < 1.29 is 23.8 Å². The molecule has 1 aromatic carbocycles. The van der Waals surface area contributed by atoms with E-state index < -0.39 is 29.8 Å². The number of carboxylic acid groups (broad SMARTS) is 1. The predicted octanol–water partition coefficient (Wildman–Crippen LogP) is 3.53. The lowest BCUT2D eigenvalue weighted by molar-refractivity contribution is -0.176. The van der Waals surface area contributed by atoms with Crippen LogP contribution in [-0.4, -0.2) is 31.7 Å². The summed E-state index contributed by atoms with van der Waals surface area (Å²) in [6.45, 7) is 2.42. The van der Waals surface area contributed by atoms with Crippen LogP contribution in [0.1, 0.15) is 42.6 Å². The fraction of sp³-hybridized carbons (Fsp3) is 0.500. The highest BCUT2D eigenvalue weighted by Crippen LogP contribution is 2.46. The van der Waals surface area contributed by atoms with Gasteiger partial charge in [0.05, 0.1) is 0 Å². The molecule has 1 saturated carbocycles. The molecule has 0 amide bonds. The van der Waals surface area contributed by atoms with E-state index >= 15 is 0 Å². The van der Waals surface area contributed by atoms with E-state index in [1.807, 2.05) is 17.7 Å². The maximum Gasteiger partial charge on any atom is 0.340 e. The van der Waals surface area contributed by atoms with Crippen molar-refractivity contribution in [2.45, 2.75) is 57.1 Å². The first-order chi connectivity index (χ1) is 12.7. The van der Waals surface area contributed by atoms with Crippen LogP contribution >= 0.6 is 0 Å². The van der Waals surface area contributed by atoms with Gasteiger partial charge in [0.25, 0.3) is 0 Å². The molecule has 146 valence electrons. The molecule has 2 aromatic rings. The first kappa shape index (κ1) is 19.5. The quantitative estimate of drug-likeness (QED) is 0.806. The molecule has 0 radical (unpaired) electrons. The summed E-state index contributed by atoms with van der Waals surface area (Å²) in [5, 5.41) is 21.0. The van der Waals surface area contributed by atoms with Gasteiger partial charge in [-0.3, -0.25) is 0 Å². The van der Waals surface area contributed by atoms with E-state index in [2.05, 4.69) is 4.98 Å². The monoisotopic (exact) mass is 378 g/mol. The largest absolute Gasteiger partial charge is 0.479 e. The standard InChI is InChI=1S/C20H24F2N2O3/c1-14-23-10-12-24(14)11-8-15-5-2-3-7-17(15)20(27,18(25)26)16-6-4-9-19(21,22)13-16/h2-3,5,7,10,12,16,27H,4,6,8-9,11,13H2,1H3,(H,25,26)/t16-,20+/m0/s1. The number of carboxylic acids is 1. The number of hydrogen-bond donors (Lipinski definition) is 2. The molecule has 2 N–H and O–H groups in total. The Bertz CT molecular complexity index is 821. The Morgan fingerprint density at radius 1 is 1.41 bits per heavy atom. The summed E-state index contributed by atoms with van der Waals surface area (Å²) in [5.74, 6) is -4.63. The molecule has 7 heteroatoms. The van der Waals surface area contributed by atoms with Gasteiger partial charge in [-0.15, -0.1) is 0 Å². The van der Waals surface area contributed by atoms with Crippen molar-refractivity contribution >= 4 is 5.97 Å². The average molecular weight is 378 g/mol. The van der Waals surface area contributed by atoms with Crippen molar-refractivity contribution in [1.29, 1.82) is 0 Å². The Hall–Kier alpha value is -2.28. The highest BCUT2D eigenvalue weighted by Gasteiger charge is 2.52. The number of rotatable bonds is 6. The lowest BCUT2D eigenvalue weighted by Crippen LogP contribution is -2.47. The van der Waals surface area contributed by atoms with Gasteiger partial charge < -0.3 is 14.8 Å². The molecule has 2 atom stereocenters. The van der Waals surface area contributed by atoms with Crippen LogP contribution in [0.25, 0.3) is 0 Å². The van der Waals surface area contributed by atoms with Gasteiger partial charge in [-0.05, 0) is 37.3 Å². The van der Waals surface area contributed by atoms with Gasteiger partial charge in [-0.25, -0.2) is 18.6 Å². The number of alkyl halides is 2. The molecule has 27 heavy (non-hydrogen) atoms. The summed E-state index contributed by atoms with van der Waals surface area (Å²) >= 11 is 0. The number of halogens is 2. The minimum atomic E-state index is -2.95. The maximum absolute atomic E-state index is 13.9. The number of nitrogens with zero attached hydrogens (tertiary/aromatic N) is 2. The Labute approximate surface area is 156 Å². The zero-order valence-electron chi connectivity index (χ0n) is 15.2. The van der Waals surface area contributed by atoms with Gasteiger partial charge in [-0.1, -0.05) is 24.3 Å². The number of carbonyl (C=O) groups is 1. The molecule has 0 saturated heterocycles. The molecule has 1 fully saturated rings. The predicted molar refractivity (Wildman–Crippen MR) is 95.5 cm³/mol. The minimum Gasteiger partial charge on any atom is -0.479 e. The first-order valence-electron chi connectivity index (χ1n) is 9.14. The van der Waals surface area contributed by atoms with Gasteiger partial charge in [0, 0.05) is 37.7 Å². The van der Waals surface area contributed by atoms with Crippen LogP contribution in [0.4, 0.5) is 8.78 Å². The van der Waals surface area contributed by atoms with Crippen LogP contribution in [0.5, 0.6) is 0 Å². The molecular formula is C20H24F2N2O3. The van der Waals surface area contributed by atoms with Gasteiger partial charge in [0.2, 0.25) is 5.92 Å². The molecule has 0 spiro atoms. The molecule has 0 aliphatic heterocycles. The smallest absolute Gasteiger partial charge is 0.340 e. The number of hydrogen-bond acceptors (Lipinski definition) is 3. The summed E-state index contributed by atoms with van der Waals surface area (Å²) in [6.07, 6.45) is 3.54. The summed E-state index contributed by atoms with van der Waals surface area (Å²) in [5.41, 5.74) is -1.48. The maximum atomic E-state index is 13.9. The molecule has 1 aliphatic rings. The summed E-state index contributed by atoms with van der Waals surface area (Å²) < 4.78 is 29.8. The van der Waals surface area contributed by atoms with E-state index in [4.69, 9.17) is 0 Å². The summed E-state index contributed by atoms with van der Waals surface area (Å²) in [7, 11) is 0. The van der Waals surface area contributed by atoms with Crippen molar-refractivity contribution in [3.63, 3.8) is 0 Å². The fourth-order valence-electron chi connectivity index (χ4n) is 4.03. The Kier molecular flexibility index (Phi) is 5.33. The third-order valence-electron chi connectivity index (χ3n) is 5.53. The van der Waals surface area contributed by atoms with Crippen LogP contribution in [0.15, 0.2) is 36.7 Å². The lowest BCUT2D eigenvalue weighted by Gasteiger charge is -2.39. The summed E-state index contributed by atoms with van der Waals surface area (Å²) in [4.78, 5) is 16.2. The minimum absolute atomic E-state index is 0.198. The Balaban J connectivity index is 1.94. The topological polar surface area (TPSA) is 75.3 Å². The second kappa shape index (κ2) is 7.38. The number of imidazole rings is 1. The number of aliphatic carboxylic acids is 1. The molecule has 0 bridgehead atoms. The molecule has 5 nitrogen and oxygen atoms in total. The van der Waals surface area contributed by atoms with Gasteiger partial charge >= 0.3 is 5.97 Å². The number of aryl methyl sites for hydroxylation is 3. The van der Waals surface area contributed by atoms with Crippen molar-refractivity contribution in [3.8, 4) is 0 Å². The van der Waals surface area contributed by atoms with Gasteiger partial charge in [0.1, 0.15) is 5.82 Å². The van der Waals surface area contributed by atoms with Crippen LogP contribution in [0.2, 0.25) is 0 Å². The van der Waals surface area contributed by atoms with E-state index in [1.165, 1.54) is 6.07 Å². The van der Waals surface area contributed by atoms with Crippen molar-refractivity contribution in [3.05, 3.63) is 53.6 Å². The van der Waals surface area contributed by atoms with Crippen LogP contribution in [-0.2, 0) is 23.4 Å². The Morgan fingerprint density at radius 2 is 2.15 bits per heavy atom. The number of aromatic nitrogens is 2. The number of benzene rings is 1. The van der Waals surface area contributed by atoms with E-state index in [-0.39, 0.29) is 24.8 Å². The zero-order chi connectivity index (χ0) is 19.7. The van der Waals surface area contributed by atoms with E-state index in [0.29, 0.717) is 18.5 Å². The zero-order valence-corrected chi connectivity index (χ0v) is 15.2. The second-order valence-electron chi connectivity index (χ2n) is 7.30. The Morgan fingerprint density at radius 3 is 2.78 bits per heavy atom. The van der Waals surface area contributed by atoms with E-state index in [0.717, 1.165) is 5.82 Å². The van der Waals surface area contributed by atoms with Crippen molar-refractivity contribution in [1.82, 2.24) is 9.55 Å². The lowest BCUT2D eigenvalue weighted by atomic mass is 9.71. The normalized spacial score (nSPS) is 21.6. The average Bonchev–Trinajstić information content (AvgIpc) is 3.03. The third kappa shape index (κ3) is 3.88. The molecule has 1 aliphatic carbocycles. The van der Waals surface area contributed by atoms with Crippen molar-refractivity contribution in [2.24, 2.45) is 5.92 Å². The van der Waals surface area contributed by atoms with Crippen LogP contribution < -0.4 is 0 Å².